The van der Waals surface area contributed by atoms with Crippen LogP contribution in [0.3, 0.4) is 0 Å². The SMILES string of the molecule is COC(=O)c1ccccc1NC(=O)NCCc1ccc(Br)cc1. The first-order chi connectivity index (χ1) is 11.1. The van der Waals surface area contributed by atoms with Gasteiger partial charge in [-0.1, -0.05) is 40.2 Å². The van der Waals surface area contributed by atoms with Crippen molar-refractivity contribution in [2.75, 3.05) is 19.0 Å². The van der Waals surface area contributed by atoms with Crippen LogP contribution < -0.4 is 10.6 Å². The highest BCUT2D eigenvalue weighted by atomic mass is 79.9. The second-order valence-corrected chi connectivity index (χ2v) is 5.71. The highest BCUT2D eigenvalue weighted by Crippen LogP contribution is 2.15. The van der Waals surface area contributed by atoms with Crippen molar-refractivity contribution in [1.29, 1.82) is 0 Å². The Morgan fingerprint density at radius 3 is 2.48 bits per heavy atom. The molecular formula is C17H17BrN2O3. The average molecular weight is 377 g/mol. The first-order valence-electron chi connectivity index (χ1n) is 7.07. The zero-order valence-electron chi connectivity index (χ0n) is 12.6. The van der Waals surface area contributed by atoms with Crippen molar-refractivity contribution in [3.8, 4) is 0 Å². The number of ether oxygens (including phenoxy) is 1. The third-order valence-corrected chi connectivity index (χ3v) is 3.72. The summed E-state index contributed by atoms with van der Waals surface area (Å²) in [4.78, 5) is 23.6. The van der Waals surface area contributed by atoms with E-state index in [1.54, 1.807) is 24.3 Å². The third-order valence-electron chi connectivity index (χ3n) is 3.19. The van der Waals surface area contributed by atoms with Gasteiger partial charge in [0.05, 0.1) is 18.4 Å². The fraction of sp³-hybridized carbons (Fsp3) is 0.176. The predicted molar refractivity (Wildman–Crippen MR) is 92.6 cm³/mol. The van der Waals surface area contributed by atoms with Gasteiger partial charge in [-0.2, -0.15) is 0 Å². The van der Waals surface area contributed by atoms with Gasteiger partial charge in [0.2, 0.25) is 0 Å². The van der Waals surface area contributed by atoms with Crippen molar-refractivity contribution in [1.82, 2.24) is 5.32 Å². The van der Waals surface area contributed by atoms with Crippen LogP contribution in [0.25, 0.3) is 0 Å². The lowest BCUT2D eigenvalue weighted by Gasteiger charge is -2.10. The molecule has 2 aromatic rings. The van der Waals surface area contributed by atoms with Crippen molar-refractivity contribution in [3.05, 3.63) is 64.1 Å². The van der Waals surface area contributed by atoms with Gasteiger partial charge in [0, 0.05) is 11.0 Å². The number of amides is 2. The molecule has 5 nitrogen and oxygen atoms in total. The van der Waals surface area contributed by atoms with E-state index in [9.17, 15) is 9.59 Å². The van der Waals surface area contributed by atoms with Crippen LogP contribution in [-0.4, -0.2) is 25.7 Å². The molecule has 0 aliphatic rings. The van der Waals surface area contributed by atoms with E-state index in [1.807, 2.05) is 24.3 Å². The predicted octanol–water partition coefficient (Wildman–Crippen LogP) is 3.60. The van der Waals surface area contributed by atoms with Crippen molar-refractivity contribution in [3.63, 3.8) is 0 Å². The zero-order valence-corrected chi connectivity index (χ0v) is 14.2. The minimum absolute atomic E-state index is 0.318. The molecule has 0 aromatic heterocycles. The van der Waals surface area contributed by atoms with Crippen LogP contribution in [0.2, 0.25) is 0 Å². The molecule has 0 spiro atoms. The van der Waals surface area contributed by atoms with Gasteiger partial charge in [-0.15, -0.1) is 0 Å². The molecule has 0 unspecified atom stereocenters. The van der Waals surface area contributed by atoms with Crippen LogP contribution in [0.15, 0.2) is 53.0 Å². The molecular weight excluding hydrogens is 360 g/mol. The standard InChI is InChI=1S/C17H17BrN2O3/c1-23-16(21)14-4-2-3-5-15(14)20-17(22)19-11-10-12-6-8-13(18)9-7-12/h2-9H,10-11H2,1H3,(H2,19,20,22). The Balaban J connectivity index is 1.88. The van der Waals surface area contributed by atoms with Crippen molar-refractivity contribution in [2.24, 2.45) is 0 Å². The van der Waals surface area contributed by atoms with E-state index in [1.165, 1.54) is 7.11 Å². The molecule has 120 valence electrons. The Labute approximate surface area is 143 Å². The van der Waals surface area contributed by atoms with Crippen LogP contribution in [0, 0.1) is 0 Å². The molecule has 6 heteroatoms. The highest BCUT2D eigenvalue weighted by molar-refractivity contribution is 9.10. The van der Waals surface area contributed by atoms with Crippen LogP contribution >= 0.6 is 15.9 Å². The van der Waals surface area contributed by atoms with Crippen molar-refractivity contribution in [2.45, 2.75) is 6.42 Å². The van der Waals surface area contributed by atoms with Crippen LogP contribution in [0.5, 0.6) is 0 Å². The molecule has 0 saturated heterocycles. The molecule has 0 saturated carbocycles. The molecule has 2 aromatic carbocycles. The lowest BCUT2D eigenvalue weighted by Crippen LogP contribution is -2.31. The Morgan fingerprint density at radius 2 is 1.78 bits per heavy atom. The molecule has 2 amide bonds. The summed E-state index contributed by atoms with van der Waals surface area (Å²) in [5.41, 5.74) is 1.86. The average Bonchev–Trinajstić information content (AvgIpc) is 2.56. The number of benzene rings is 2. The molecule has 2 N–H and O–H groups in total. The van der Waals surface area contributed by atoms with Crippen LogP contribution in [0.1, 0.15) is 15.9 Å². The number of carbonyl (C=O) groups excluding carboxylic acids is 2. The Morgan fingerprint density at radius 1 is 1.09 bits per heavy atom. The number of para-hydroxylation sites is 1. The Bertz CT molecular complexity index is 686. The number of halogens is 1. The van der Waals surface area contributed by atoms with E-state index in [0.29, 0.717) is 17.8 Å². The summed E-state index contributed by atoms with van der Waals surface area (Å²) < 4.78 is 5.71. The Kier molecular flexibility index (Phi) is 6.17. The molecule has 0 aliphatic carbocycles. The van der Waals surface area contributed by atoms with E-state index in [-0.39, 0.29) is 6.03 Å². The monoisotopic (exact) mass is 376 g/mol. The number of carbonyl (C=O) groups is 2. The van der Waals surface area contributed by atoms with Gasteiger partial charge in [0.1, 0.15) is 0 Å². The number of urea groups is 1. The third kappa shape index (κ3) is 5.10. The molecule has 2 rings (SSSR count). The number of methoxy groups -OCH3 is 1. The van der Waals surface area contributed by atoms with Crippen molar-refractivity contribution >= 4 is 33.6 Å². The first kappa shape index (κ1) is 17.0. The van der Waals surface area contributed by atoms with Crippen molar-refractivity contribution < 1.29 is 14.3 Å². The summed E-state index contributed by atoms with van der Waals surface area (Å²) in [6.45, 7) is 0.494. The number of hydrogen-bond donors (Lipinski definition) is 2. The Hall–Kier alpha value is -2.34. The molecule has 0 aliphatic heterocycles. The molecule has 0 fully saturated rings. The summed E-state index contributed by atoms with van der Waals surface area (Å²) in [6.07, 6.45) is 0.722. The summed E-state index contributed by atoms with van der Waals surface area (Å²) in [5.74, 6) is -0.490. The van der Waals surface area contributed by atoms with E-state index in [2.05, 4.69) is 26.6 Å². The molecule has 0 radical (unpaired) electrons. The van der Waals surface area contributed by atoms with E-state index < -0.39 is 5.97 Å². The molecule has 0 bridgehead atoms. The fourth-order valence-corrected chi connectivity index (χ4v) is 2.28. The van der Waals surface area contributed by atoms with Crippen LogP contribution in [-0.2, 0) is 11.2 Å². The van der Waals surface area contributed by atoms with Crippen LogP contribution in [0.4, 0.5) is 10.5 Å². The second kappa shape index (κ2) is 8.33. The second-order valence-electron chi connectivity index (χ2n) is 4.79. The van der Waals surface area contributed by atoms with Gasteiger partial charge in [0.25, 0.3) is 0 Å². The molecule has 0 heterocycles. The smallest absolute Gasteiger partial charge is 0.339 e. The summed E-state index contributed by atoms with van der Waals surface area (Å²) in [6, 6.07) is 14.3. The van der Waals surface area contributed by atoms with Gasteiger partial charge < -0.3 is 15.4 Å². The maximum atomic E-state index is 11.9. The normalized spacial score (nSPS) is 10.0. The van der Waals surface area contributed by atoms with Gasteiger partial charge in [-0.25, -0.2) is 9.59 Å². The quantitative estimate of drug-likeness (QED) is 0.783. The number of hydrogen-bond acceptors (Lipinski definition) is 3. The van der Waals surface area contributed by atoms with Gasteiger partial charge in [0.15, 0.2) is 0 Å². The van der Waals surface area contributed by atoms with E-state index >= 15 is 0 Å². The summed E-state index contributed by atoms with van der Waals surface area (Å²) in [5, 5.41) is 5.43. The minimum atomic E-state index is -0.490. The summed E-state index contributed by atoms with van der Waals surface area (Å²) >= 11 is 3.38. The number of esters is 1. The maximum Gasteiger partial charge on any atom is 0.339 e. The number of rotatable bonds is 5. The number of anilines is 1. The van der Waals surface area contributed by atoms with Gasteiger partial charge >= 0.3 is 12.0 Å². The lowest BCUT2D eigenvalue weighted by molar-refractivity contribution is 0.0602. The summed E-state index contributed by atoms with van der Waals surface area (Å²) in [7, 11) is 1.30. The largest absolute Gasteiger partial charge is 0.465 e. The molecule has 23 heavy (non-hydrogen) atoms. The van der Waals surface area contributed by atoms with Gasteiger partial charge in [-0.3, -0.25) is 0 Å². The van der Waals surface area contributed by atoms with E-state index in [4.69, 9.17) is 4.74 Å². The first-order valence-corrected chi connectivity index (χ1v) is 7.86. The minimum Gasteiger partial charge on any atom is -0.465 e. The molecule has 0 atom stereocenters. The zero-order chi connectivity index (χ0) is 16.7. The topological polar surface area (TPSA) is 67.4 Å². The number of nitrogens with one attached hydrogen (secondary N) is 2. The fourth-order valence-electron chi connectivity index (χ4n) is 2.02. The van der Waals surface area contributed by atoms with E-state index in [0.717, 1.165) is 16.5 Å². The lowest BCUT2D eigenvalue weighted by atomic mass is 10.1. The highest BCUT2D eigenvalue weighted by Gasteiger charge is 2.12. The van der Waals surface area contributed by atoms with Gasteiger partial charge in [-0.05, 0) is 36.2 Å². The maximum absolute atomic E-state index is 11.9.